The van der Waals surface area contributed by atoms with Crippen LogP contribution in [0.25, 0.3) is 11.1 Å². The minimum atomic E-state index is -3.31. The summed E-state index contributed by atoms with van der Waals surface area (Å²) in [6.45, 7) is -3.31. The number of H-pyrrole nitrogens is 1. The fourth-order valence-corrected chi connectivity index (χ4v) is 2.37. The molecule has 0 amide bonds. The zero-order valence-corrected chi connectivity index (χ0v) is 12.8. The average molecular weight is 375 g/mol. The summed E-state index contributed by atoms with van der Waals surface area (Å²) in [5.74, 6) is -4.71. The molecule has 0 radical (unpaired) electrons. The van der Waals surface area contributed by atoms with Gasteiger partial charge in [0.25, 0.3) is 5.56 Å². The third-order valence-electron chi connectivity index (χ3n) is 3.10. The van der Waals surface area contributed by atoms with Crippen molar-refractivity contribution in [2.45, 2.75) is 6.61 Å². The van der Waals surface area contributed by atoms with E-state index in [0.29, 0.717) is 0 Å². The molecule has 0 fully saturated rings. The van der Waals surface area contributed by atoms with Gasteiger partial charge in [0, 0.05) is 16.1 Å². The number of aromatic amines is 1. The van der Waals surface area contributed by atoms with Crippen LogP contribution in [0.2, 0.25) is 5.02 Å². The second-order valence-corrected chi connectivity index (χ2v) is 5.06. The molecular weight excluding hydrogens is 366 g/mol. The van der Waals surface area contributed by atoms with Crippen molar-refractivity contribution in [3.63, 3.8) is 0 Å². The molecule has 0 atom stereocenters. The Kier molecular flexibility index (Phi) is 4.93. The fourth-order valence-electron chi connectivity index (χ4n) is 2.21. The second-order valence-electron chi connectivity index (χ2n) is 4.62. The molecule has 0 saturated heterocycles. The van der Waals surface area contributed by atoms with E-state index in [0.717, 1.165) is 12.1 Å². The molecule has 132 valence electrons. The zero-order chi connectivity index (χ0) is 18.9. The van der Waals surface area contributed by atoms with E-state index < -0.39 is 57.9 Å². The van der Waals surface area contributed by atoms with Gasteiger partial charge in [0.05, 0.1) is 0 Å². The summed E-state index contributed by atoms with van der Waals surface area (Å²) in [4.78, 5) is 36.8. The van der Waals surface area contributed by atoms with Crippen LogP contribution in [0.4, 0.5) is 14.6 Å². The number of halogens is 3. The number of nitrogens with one attached hydrogen (secondary N) is 1. The Hall–Kier alpha value is -3.14. The predicted molar refractivity (Wildman–Crippen MR) is 82.5 cm³/mol. The van der Waals surface area contributed by atoms with Crippen LogP contribution in [0.5, 0.6) is 5.75 Å². The largest absolute Gasteiger partial charge is 0.478 e. The summed E-state index contributed by atoms with van der Waals surface area (Å²) in [7, 11) is 0. The van der Waals surface area contributed by atoms with Crippen molar-refractivity contribution in [1.82, 2.24) is 4.98 Å². The van der Waals surface area contributed by atoms with Crippen LogP contribution in [0, 0.1) is 0 Å². The van der Waals surface area contributed by atoms with E-state index >= 15 is 0 Å². The molecule has 2 aromatic rings. The summed E-state index contributed by atoms with van der Waals surface area (Å²) < 4.78 is 29.5. The van der Waals surface area contributed by atoms with Crippen molar-refractivity contribution in [3.8, 4) is 16.9 Å². The Labute approximate surface area is 142 Å². The van der Waals surface area contributed by atoms with Gasteiger partial charge < -0.3 is 25.7 Å². The third kappa shape index (κ3) is 3.53. The number of aromatic nitrogens is 1. The highest BCUT2D eigenvalue weighted by Crippen LogP contribution is 2.38. The molecule has 11 heteroatoms. The number of anilines is 1. The molecule has 0 saturated carbocycles. The molecule has 0 aliphatic carbocycles. The smallest absolute Gasteiger partial charge is 0.387 e. The number of carboxylic acid groups (broad SMARTS) is 2. The number of rotatable bonds is 5. The van der Waals surface area contributed by atoms with Crippen molar-refractivity contribution in [1.29, 1.82) is 0 Å². The fraction of sp³-hybridized carbons (Fsp3) is 0.0714. The predicted octanol–water partition coefficient (Wildman–Crippen LogP) is 2.28. The Bertz CT molecular complexity index is 928. The lowest BCUT2D eigenvalue weighted by molar-refractivity contribution is -0.0494. The lowest BCUT2D eigenvalue weighted by Gasteiger charge is -2.16. The SMILES string of the molecule is Nc1[nH]c(=O)c(C(=O)O)c(-c2ccc(Cl)cc2OC(F)F)c1C(=O)O. The number of benzene rings is 1. The second kappa shape index (κ2) is 6.77. The molecule has 1 heterocycles. The van der Waals surface area contributed by atoms with Gasteiger partial charge in [-0.3, -0.25) is 4.79 Å². The minimum absolute atomic E-state index is 0.0361. The van der Waals surface area contributed by atoms with Gasteiger partial charge in [-0.1, -0.05) is 11.6 Å². The van der Waals surface area contributed by atoms with E-state index in [1.807, 2.05) is 4.98 Å². The number of aromatic carboxylic acids is 2. The number of alkyl halides is 2. The minimum Gasteiger partial charge on any atom is -0.478 e. The van der Waals surface area contributed by atoms with Crippen molar-refractivity contribution < 1.29 is 33.3 Å². The molecule has 25 heavy (non-hydrogen) atoms. The van der Waals surface area contributed by atoms with Gasteiger partial charge in [-0.2, -0.15) is 8.78 Å². The van der Waals surface area contributed by atoms with Gasteiger partial charge >= 0.3 is 18.6 Å². The molecular formula is C14H9ClF2N2O6. The van der Waals surface area contributed by atoms with Gasteiger partial charge in [-0.25, -0.2) is 9.59 Å². The number of nitrogen functional groups attached to an aromatic ring is 1. The molecule has 2 rings (SSSR count). The normalized spacial score (nSPS) is 10.7. The van der Waals surface area contributed by atoms with Crippen LogP contribution in [0.15, 0.2) is 23.0 Å². The summed E-state index contributed by atoms with van der Waals surface area (Å²) in [6.07, 6.45) is 0. The monoisotopic (exact) mass is 374 g/mol. The molecule has 0 aliphatic rings. The lowest BCUT2D eigenvalue weighted by Crippen LogP contribution is -2.24. The van der Waals surface area contributed by atoms with E-state index in [1.165, 1.54) is 6.07 Å². The highest BCUT2D eigenvalue weighted by molar-refractivity contribution is 6.30. The van der Waals surface area contributed by atoms with Crippen LogP contribution in [0.1, 0.15) is 20.7 Å². The molecule has 1 aromatic heterocycles. The van der Waals surface area contributed by atoms with Gasteiger partial charge in [0.2, 0.25) is 0 Å². The van der Waals surface area contributed by atoms with Gasteiger partial charge in [0.15, 0.2) is 0 Å². The zero-order valence-electron chi connectivity index (χ0n) is 12.0. The van der Waals surface area contributed by atoms with Crippen molar-refractivity contribution in [2.75, 3.05) is 5.73 Å². The molecule has 1 aromatic carbocycles. The first-order valence-electron chi connectivity index (χ1n) is 6.40. The summed E-state index contributed by atoms with van der Waals surface area (Å²) in [5, 5.41) is 18.5. The maximum absolute atomic E-state index is 12.6. The Balaban J connectivity index is 2.98. The average Bonchev–Trinajstić information content (AvgIpc) is 2.44. The number of nitrogens with two attached hydrogens (primary N) is 1. The van der Waals surface area contributed by atoms with Gasteiger partial charge in [0.1, 0.15) is 22.7 Å². The number of pyridine rings is 1. The van der Waals surface area contributed by atoms with Crippen LogP contribution < -0.4 is 16.0 Å². The number of hydrogen-bond acceptors (Lipinski definition) is 5. The van der Waals surface area contributed by atoms with E-state index in [1.54, 1.807) is 0 Å². The molecule has 0 unspecified atom stereocenters. The van der Waals surface area contributed by atoms with Gasteiger partial charge in [-0.05, 0) is 18.2 Å². The highest BCUT2D eigenvalue weighted by atomic mass is 35.5. The van der Waals surface area contributed by atoms with E-state index in [9.17, 15) is 33.4 Å². The van der Waals surface area contributed by atoms with E-state index in [4.69, 9.17) is 17.3 Å². The standard InChI is InChI=1S/C14H9ClF2N2O6/c15-4-1-2-5(6(3-4)25-14(16)17)7-8(12(21)22)10(18)19-11(20)9(7)13(23)24/h1-3,14H,(H,21,22)(H,23,24)(H3,18,19,20). The van der Waals surface area contributed by atoms with Crippen LogP contribution in [-0.2, 0) is 0 Å². The van der Waals surface area contributed by atoms with E-state index in [2.05, 4.69) is 4.74 Å². The number of carbonyl (C=O) groups is 2. The highest BCUT2D eigenvalue weighted by Gasteiger charge is 2.29. The third-order valence-corrected chi connectivity index (χ3v) is 3.34. The summed E-state index contributed by atoms with van der Waals surface area (Å²) >= 11 is 5.70. The Morgan fingerprint density at radius 1 is 1.20 bits per heavy atom. The Morgan fingerprint density at radius 3 is 2.32 bits per heavy atom. The molecule has 5 N–H and O–H groups in total. The topological polar surface area (TPSA) is 143 Å². The number of hydrogen-bond donors (Lipinski definition) is 4. The first-order chi connectivity index (χ1) is 11.6. The molecule has 0 aliphatic heterocycles. The van der Waals surface area contributed by atoms with Crippen molar-refractivity contribution in [3.05, 3.63) is 44.7 Å². The number of carboxylic acids is 2. The first-order valence-corrected chi connectivity index (χ1v) is 6.78. The van der Waals surface area contributed by atoms with Crippen LogP contribution in [-0.4, -0.2) is 33.7 Å². The molecule has 0 spiro atoms. The Morgan fingerprint density at radius 2 is 1.80 bits per heavy atom. The van der Waals surface area contributed by atoms with Gasteiger partial charge in [-0.15, -0.1) is 0 Å². The number of ether oxygens (including phenoxy) is 1. The van der Waals surface area contributed by atoms with Crippen LogP contribution >= 0.6 is 11.6 Å². The van der Waals surface area contributed by atoms with Crippen molar-refractivity contribution >= 4 is 29.4 Å². The summed E-state index contributed by atoms with van der Waals surface area (Å²) in [6, 6.07) is 3.16. The molecule has 0 bridgehead atoms. The summed E-state index contributed by atoms with van der Waals surface area (Å²) in [5.41, 5.74) is 1.42. The maximum Gasteiger partial charge on any atom is 0.387 e. The quantitative estimate of drug-likeness (QED) is 0.628. The van der Waals surface area contributed by atoms with E-state index in [-0.39, 0.29) is 5.02 Å². The lowest BCUT2D eigenvalue weighted by atomic mass is 9.94. The maximum atomic E-state index is 12.6. The van der Waals surface area contributed by atoms with Crippen molar-refractivity contribution in [2.24, 2.45) is 0 Å². The first kappa shape index (κ1) is 18.2. The van der Waals surface area contributed by atoms with Crippen LogP contribution in [0.3, 0.4) is 0 Å². The molecule has 8 nitrogen and oxygen atoms in total.